The van der Waals surface area contributed by atoms with Crippen molar-refractivity contribution in [3.8, 4) is 0 Å². The summed E-state index contributed by atoms with van der Waals surface area (Å²) in [6.07, 6.45) is 0. The number of carboxylic acids is 1. The molecule has 2 N–H and O–H groups in total. The molecule has 0 saturated heterocycles. The Morgan fingerprint density at radius 3 is 2.71 bits per heavy atom. The van der Waals surface area contributed by atoms with Gasteiger partial charge in [0.15, 0.2) is 0 Å². The summed E-state index contributed by atoms with van der Waals surface area (Å²) >= 11 is 1.65. The van der Waals surface area contributed by atoms with Gasteiger partial charge in [0.1, 0.15) is 0 Å². The molecular formula is C15H14N2O3S. The predicted molar refractivity (Wildman–Crippen MR) is 82.4 cm³/mol. The highest BCUT2D eigenvalue weighted by atomic mass is 32.1. The molecule has 0 bridgehead atoms. The summed E-state index contributed by atoms with van der Waals surface area (Å²) in [6.45, 7) is 3.99. The second-order valence-corrected chi connectivity index (χ2v) is 6.28. The smallest absolute Gasteiger partial charge is 0.335 e. The van der Waals surface area contributed by atoms with E-state index in [9.17, 15) is 9.59 Å². The lowest BCUT2D eigenvalue weighted by molar-refractivity contribution is 0.0697. The van der Waals surface area contributed by atoms with Crippen molar-refractivity contribution in [2.24, 2.45) is 0 Å². The molecule has 0 aliphatic carbocycles. The summed E-state index contributed by atoms with van der Waals surface area (Å²) in [5.41, 5.74) is 1.19. The third-order valence-electron chi connectivity index (χ3n) is 3.52. The number of benzene rings is 1. The van der Waals surface area contributed by atoms with Crippen LogP contribution in [0, 0.1) is 6.92 Å². The molecule has 5 nitrogen and oxygen atoms in total. The zero-order valence-corrected chi connectivity index (χ0v) is 12.4. The number of imidazole rings is 1. The van der Waals surface area contributed by atoms with E-state index in [1.165, 1.54) is 17.0 Å². The quantitative estimate of drug-likeness (QED) is 0.781. The fourth-order valence-corrected chi connectivity index (χ4v) is 3.37. The van der Waals surface area contributed by atoms with Gasteiger partial charge in [0, 0.05) is 9.75 Å². The Bertz CT molecular complexity index is 888. The van der Waals surface area contributed by atoms with Gasteiger partial charge < -0.3 is 10.1 Å². The first-order chi connectivity index (χ1) is 9.97. The average molecular weight is 302 g/mol. The molecule has 2 heterocycles. The van der Waals surface area contributed by atoms with Crippen molar-refractivity contribution in [3.05, 3.63) is 56.1 Å². The number of nitrogens with one attached hydrogen (secondary N) is 1. The first kappa shape index (κ1) is 13.6. The Kier molecular flexibility index (Phi) is 3.17. The second-order valence-electron chi connectivity index (χ2n) is 4.96. The Hall–Kier alpha value is -2.34. The largest absolute Gasteiger partial charge is 0.478 e. The van der Waals surface area contributed by atoms with Crippen LogP contribution in [0.4, 0.5) is 0 Å². The van der Waals surface area contributed by atoms with Crippen LogP contribution in [0.2, 0.25) is 0 Å². The van der Waals surface area contributed by atoms with Gasteiger partial charge >= 0.3 is 11.7 Å². The van der Waals surface area contributed by atoms with Gasteiger partial charge in [0.05, 0.1) is 22.6 Å². The minimum absolute atomic E-state index is 0.0966. The fourth-order valence-electron chi connectivity index (χ4n) is 2.45. The Balaban J connectivity index is 2.16. The summed E-state index contributed by atoms with van der Waals surface area (Å²) < 4.78 is 1.66. The van der Waals surface area contributed by atoms with Crippen LogP contribution >= 0.6 is 11.3 Å². The molecule has 108 valence electrons. The van der Waals surface area contributed by atoms with Gasteiger partial charge in [-0.25, -0.2) is 9.59 Å². The van der Waals surface area contributed by atoms with E-state index >= 15 is 0 Å². The maximum Gasteiger partial charge on any atom is 0.335 e. The number of H-pyrrole nitrogens is 1. The molecule has 0 amide bonds. The van der Waals surface area contributed by atoms with E-state index in [1.54, 1.807) is 22.0 Å². The summed E-state index contributed by atoms with van der Waals surface area (Å²) in [5.74, 6) is -1.01. The molecule has 0 aliphatic heterocycles. The highest BCUT2D eigenvalue weighted by molar-refractivity contribution is 7.12. The molecule has 2 aromatic heterocycles. The van der Waals surface area contributed by atoms with Crippen LogP contribution in [0.1, 0.15) is 33.1 Å². The number of hydrogen-bond donors (Lipinski definition) is 2. The van der Waals surface area contributed by atoms with E-state index in [0.717, 1.165) is 4.88 Å². The Morgan fingerprint density at radius 1 is 1.33 bits per heavy atom. The lowest BCUT2D eigenvalue weighted by Crippen LogP contribution is -2.20. The maximum atomic E-state index is 12.2. The first-order valence-corrected chi connectivity index (χ1v) is 7.33. The minimum Gasteiger partial charge on any atom is -0.478 e. The summed E-state index contributed by atoms with van der Waals surface area (Å²) in [4.78, 5) is 28.2. The van der Waals surface area contributed by atoms with Crippen LogP contribution in [-0.4, -0.2) is 20.6 Å². The Labute approximate surface area is 124 Å². The van der Waals surface area contributed by atoms with Crippen molar-refractivity contribution in [2.45, 2.75) is 19.9 Å². The van der Waals surface area contributed by atoms with Crippen molar-refractivity contribution >= 4 is 28.3 Å². The van der Waals surface area contributed by atoms with Crippen molar-refractivity contribution in [2.75, 3.05) is 0 Å². The zero-order chi connectivity index (χ0) is 15.1. The van der Waals surface area contributed by atoms with E-state index in [4.69, 9.17) is 5.11 Å². The monoisotopic (exact) mass is 302 g/mol. The molecule has 0 spiro atoms. The molecule has 1 unspecified atom stereocenters. The number of aromatic amines is 1. The summed E-state index contributed by atoms with van der Waals surface area (Å²) in [5, 5.41) is 9.01. The van der Waals surface area contributed by atoms with E-state index in [2.05, 4.69) is 4.98 Å². The molecule has 1 aromatic carbocycles. The van der Waals surface area contributed by atoms with Gasteiger partial charge in [-0.3, -0.25) is 4.57 Å². The van der Waals surface area contributed by atoms with Crippen LogP contribution in [0.25, 0.3) is 11.0 Å². The van der Waals surface area contributed by atoms with E-state index in [-0.39, 0.29) is 17.3 Å². The van der Waals surface area contributed by atoms with Crippen LogP contribution in [-0.2, 0) is 0 Å². The number of carboxylic acid groups (broad SMARTS) is 1. The number of hydrogen-bond acceptors (Lipinski definition) is 3. The predicted octanol–water partition coefficient (Wildman–Crippen LogP) is 3.01. The standard InChI is InChI=1S/C15H14N2O3S/c1-8-3-6-13(21-8)9(2)17-12-5-4-10(14(18)19)7-11(12)16-15(17)20/h3-7,9H,1-2H3,(H,16,20)(H,18,19). The van der Waals surface area contributed by atoms with Gasteiger partial charge in [0.2, 0.25) is 0 Å². The number of aromatic carboxylic acids is 1. The number of aromatic nitrogens is 2. The third-order valence-corrected chi connectivity index (χ3v) is 4.69. The molecule has 0 aliphatic rings. The van der Waals surface area contributed by atoms with Crippen molar-refractivity contribution < 1.29 is 9.90 Å². The lowest BCUT2D eigenvalue weighted by atomic mass is 10.2. The Morgan fingerprint density at radius 2 is 2.10 bits per heavy atom. The average Bonchev–Trinajstić information content (AvgIpc) is 2.99. The molecule has 21 heavy (non-hydrogen) atoms. The van der Waals surface area contributed by atoms with E-state index in [1.807, 2.05) is 26.0 Å². The molecule has 0 fully saturated rings. The lowest BCUT2D eigenvalue weighted by Gasteiger charge is -2.11. The van der Waals surface area contributed by atoms with E-state index < -0.39 is 5.97 Å². The van der Waals surface area contributed by atoms with Crippen molar-refractivity contribution in [3.63, 3.8) is 0 Å². The molecule has 0 radical (unpaired) electrons. The topological polar surface area (TPSA) is 75.1 Å². The van der Waals surface area contributed by atoms with Crippen molar-refractivity contribution in [1.82, 2.24) is 9.55 Å². The van der Waals surface area contributed by atoms with Crippen molar-refractivity contribution in [1.29, 1.82) is 0 Å². The van der Waals surface area contributed by atoms with Crippen LogP contribution in [0.5, 0.6) is 0 Å². The number of thiophene rings is 1. The van der Waals surface area contributed by atoms with Gasteiger partial charge in [-0.05, 0) is 44.2 Å². The third kappa shape index (κ3) is 2.27. The van der Waals surface area contributed by atoms with Crippen LogP contribution in [0.3, 0.4) is 0 Å². The molecule has 3 rings (SSSR count). The van der Waals surface area contributed by atoms with Crippen LogP contribution < -0.4 is 5.69 Å². The molecule has 6 heteroatoms. The molecule has 1 atom stereocenters. The summed E-state index contributed by atoms with van der Waals surface area (Å²) in [7, 11) is 0. The molecular weight excluding hydrogens is 288 g/mol. The number of carbonyl (C=O) groups is 1. The number of rotatable bonds is 3. The SMILES string of the molecule is Cc1ccc(C(C)n2c(=O)[nH]c3cc(C(=O)O)ccc32)s1. The molecule has 0 saturated carbocycles. The number of nitrogens with zero attached hydrogens (tertiary/aromatic N) is 1. The highest BCUT2D eigenvalue weighted by Crippen LogP contribution is 2.27. The minimum atomic E-state index is -1.01. The first-order valence-electron chi connectivity index (χ1n) is 6.51. The van der Waals surface area contributed by atoms with Gasteiger partial charge in [-0.15, -0.1) is 11.3 Å². The zero-order valence-electron chi connectivity index (χ0n) is 11.6. The van der Waals surface area contributed by atoms with E-state index in [0.29, 0.717) is 11.0 Å². The van der Waals surface area contributed by atoms with Gasteiger partial charge in [-0.2, -0.15) is 0 Å². The maximum absolute atomic E-state index is 12.2. The second kappa shape index (κ2) is 4.89. The van der Waals surface area contributed by atoms with Crippen LogP contribution in [0.15, 0.2) is 35.1 Å². The number of fused-ring (bicyclic) bond motifs is 1. The summed E-state index contributed by atoms with van der Waals surface area (Å²) in [6, 6.07) is 8.62. The van der Waals surface area contributed by atoms with Gasteiger partial charge in [-0.1, -0.05) is 0 Å². The fraction of sp³-hybridized carbons (Fsp3) is 0.200. The highest BCUT2D eigenvalue weighted by Gasteiger charge is 2.17. The number of aryl methyl sites for hydroxylation is 1. The molecule has 3 aromatic rings. The van der Waals surface area contributed by atoms with Gasteiger partial charge in [0.25, 0.3) is 0 Å². The normalized spacial score (nSPS) is 12.7.